The van der Waals surface area contributed by atoms with Crippen molar-refractivity contribution in [3.63, 3.8) is 0 Å². The van der Waals surface area contributed by atoms with Crippen LogP contribution in [0, 0.1) is 0 Å². The van der Waals surface area contributed by atoms with Gasteiger partial charge in [-0.2, -0.15) is 0 Å². The highest BCUT2D eigenvalue weighted by atomic mass is 79.9. The third kappa shape index (κ3) is 4.87. The Kier molecular flexibility index (Phi) is 5.53. The van der Waals surface area contributed by atoms with Gasteiger partial charge in [0.25, 0.3) is 0 Å². The standard InChI is InChI=1S/C20H19BrN2O3S/c1-13(14-5-9-17(10-6-14)23-27(2,25)26)18-11-12-19(22-18)20(24)15-3-7-16(21)8-4-15/h3-13,22-23H,1-2H3. The van der Waals surface area contributed by atoms with Crippen molar-refractivity contribution in [1.29, 1.82) is 0 Å². The van der Waals surface area contributed by atoms with Crippen LogP contribution in [0.4, 0.5) is 5.69 Å². The Morgan fingerprint density at radius 3 is 2.22 bits per heavy atom. The summed E-state index contributed by atoms with van der Waals surface area (Å²) in [7, 11) is -3.29. The molecule has 0 saturated carbocycles. The molecule has 1 unspecified atom stereocenters. The van der Waals surface area contributed by atoms with Crippen LogP contribution < -0.4 is 4.72 Å². The molecular weight excluding hydrogens is 428 g/mol. The quantitative estimate of drug-likeness (QED) is 0.545. The van der Waals surface area contributed by atoms with Crippen molar-refractivity contribution in [3.05, 3.63) is 87.7 Å². The molecule has 0 aliphatic heterocycles. The van der Waals surface area contributed by atoms with Gasteiger partial charge in [-0.05, 0) is 54.1 Å². The third-order valence-electron chi connectivity index (χ3n) is 4.24. The second-order valence-corrected chi connectivity index (χ2v) is 9.05. The minimum Gasteiger partial charge on any atom is -0.355 e. The second-order valence-electron chi connectivity index (χ2n) is 6.38. The van der Waals surface area contributed by atoms with Crippen molar-refractivity contribution in [3.8, 4) is 0 Å². The second kappa shape index (κ2) is 7.70. The number of anilines is 1. The molecule has 0 radical (unpaired) electrons. The summed E-state index contributed by atoms with van der Waals surface area (Å²) >= 11 is 3.36. The minimum absolute atomic E-state index is 0.0313. The number of benzene rings is 2. The molecule has 5 nitrogen and oxygen atoms in total. The van der Waals surface area contributed by atoms with Gasteiger partial charge in [-0.3, -0.25) is 9.52 Å². The van der Waals surface area contributed by atoms with Gasteiger partial charge in [-0.1, -0.05) is 35.0 Å². The van der Waals surface area contributed by atoms with Crippen LogP contribution in [0.3, 0.4) is 0 Å². The lowest BCUT2D eigenvalue weighted by Crippen LogP contribution is -2.09. The highest BCUT2D eigenvalue weighted by Crippen LogP contribution is 2.25. The lowest BCUT2D eigenvalue weighted by Gasteiger charge is -2.12. The zero-order valence-corrected chi connectivity index (χ0v) is 17.3. The predicted molar refractivity (Wildman–Crippen MR) is 111 cm³/mol. The van der Waals surface area contributed by atoms with Crippen LogP contribution in [0.5, 0.6) is 0 Å². The van der Waals surface area contributed by atoms with Crippen LogP contribution in [0.2, 0.25) is 0 Å². The Bertz CT molecular complexity index is 1060. The summed E-state index contributed by atoms with van der Waals surface area (Å²) in [5.41, 5.74) is 3.61. The monoisotopic (exact) mass is 446 g/mol. The summed E-state index contributed by atoms with van der Waals surface area (Å²) in [5, 5.41) is 0. The molecule has 0 aliphatic carbocycles. The summed E-state index contributed by atoms with van der Waals surface area (Å²) in [4.78, 5) is 15.8. The van der Waals surface area contributed by atoms with Crippen LogP contribution in [-0.4, -0.2) is 25.4 Å². The maximum absolute atomic E-state index is 12.6. The smallest absolute Gasteiger partial charge is 0.229 e. The first kappa shape index (κ1) is 19.4. The number of rotatable bonds is 6. The average Bonchev–Trinajstić information content (AvgIpc) is 3.10. The molecule has 0 spiro atoms. The van der Waals surface area contributed by atoms with Gasteiger partial charge < -0.3 is 4.98 Å². The third-order valence-corrected chi connectivity index (χ3v) is 5.38. The van der Waals surface area contributed by atoms with Gasteiger partial charge >= 0.3 is 0 Å². The van der Waals surface area contributed by atoms with Gasteiger partial charge in [0.1, 0.15) is 0 Å². The first-order valence-corrected chi connectivity index (χ1v) is 11.0. The van der Waals surface area contributed by atoms with E-state index >= 15 is 0 Å². The highest BCUT2D eigenvalue weighted by molar-refractivity contribution is 9.10. The van der Waals surface area contributed by atoms with E-state index < -0.39 is 10.0 Å². The maximum Gasteiger partial charge on any atom is 0.229 e. The van der Waals surface area contributed by atoms with E-state index in [1.165, 1.54) is 0 Å². The van der Waals surface area contributed by atoms with E-state index in [0.29, 0.717) is 16.9 Å². The highest BCUT2D eigenvalue weighted by Gasteiger charge is 2.15. The molecule has 3 rings (SSSR count). The molecule has 3 aromatic rings. The van der Waals surface area contributed by atoms with E-state index in [1.54, 1.807) is 30.3 Å². The van der Waals surface area contributed by atoms with Gasteiger partial charge in [0.15, 0.2) is 0 Å². The molecule has 2 N–H and O–H groups in total. The van der Waals surface area contributed by atoms with Crippen molar-refractivity contribution in [2.75, 3.05) is 11.0 Å². The molecule has 7 heteroatoms. The molecular formula is C20H19BrN2O3S. The van der Waals surface area contributed by atoms with Gasteiger partial charge in [0.05, 0.1) is 11.9 Å². The van der Waals surface area contributed by atoms with E-state index in [9.17, 15) is 13.2 Å². The van der Waals surface area contributed by atoms with E-state index in [-0.39, 0.29) is 11.7 Å². The number of carbonyl (C=O) groups is 1. The van der Waals surface area contributed by atoms with Crippen LogP contribution in [0.15, 0.2) is 65.1 Å². The summed E-state index contributed by atoms with van der Waals surface area (Å²) in [6, 6.07) is 18.1. The summed E-state index contributed by atoms with van der Waals surface area (Å²) in [5.74, 6) is -0.0302. The van der Waals surface area contributed by atoms with Gasteiger partial charge in [0, 0.05) is 27.3 Å². The van der Waals surface area contributed by atoms with Crippen molar-refractivity contribution in [2.24, 2.45) is 0 Å². The zero-order valence-electron chi connectivity index (χ0n) is 14.9. The topological polar surface area (TPSA) is 79.0 Å². The Labute approximate surface area is 167 Å². The molecule has 140 valence electrons. The van der Waals surface area contributed by atoms with Crippen LogP contribution in [0.25, 0.3) is 0 Å². The number of halogens is 1. The summed E-state index contributed by atoms with van der Waals surface area (Å²) in [6.07, 6.45) is 1.12. The van der Waals surface area contributed by atoms with Crippen molar-refractivity contribution >= 4 is 37.4 Å². The molecule has 0 saturated heterocycles. The molecule has 27 heavy (non-hydrogen) atoms. The van der Waals surface area contributed by atoms with Crippen molar-refractivity contribution < 1.29 is 13.2 Å². The maximum atomic E-state index is 12.6. The van der Waals surface area contributed by atoms with Gasteiger partial charge in [0.2, 0.25) is 15.8 Å². The Balaban J connectivity index is 1.77. The first-order valence-electron chi connectivity index (χ1n) is 8.30. The number of hydrogen-bond acceptors (Lipinski definition) is 3. The number of sulfonamides is 1. The average molecular weight is 447 g/mol. The van der Waals surface area contributed by atoms with Crippen molar-refractivity contribution in [1.82, 2.24) is 4.98 Å². The van der Waals surface area contributed by atoms with Gasteiger partial charge in [-0.25, -0.2) is 8.42 Å². The summed E-state index contributed by atoms with van der Waals surface area (Å²) in [6.45, 7) is 2.03. The van der Waals surface area contributed by atoms with E-state index in [2.05, 4.69) is 25.6 Å². The number of H-pyrrole nitrogens is 1. The minimum atomic E-state index is -3.29. The van der Waals surface area contributed by atoms with Crippen molar-refractivity contribution in [2.45, 2.75) is 12.8 Å². The van der Waals surface area contributed by atoms with Crippen LogP contribution >= 0.6 is 15.9 Å². The Hall–Kier alpha value is -2.38. The largest absolute Gasteiger partial charge is 0.355 e. The molecule has 1 aromatic heterocycles. The predicted octanol–water partition coefficient (Wildman–Crippen LogP) is 4.53. The number of ketones is 1. The van der Waals surface area contributed by atoms with E-state index in [0.717, 1.165) is 22.0 Å². The Morgan fingerprint density at radius 1 is 1.00 bits per heavy atom. The number of aromatic nitrogens is 1. The fourth-order valence-corrected chi connectivity index (χ4v) is 3.62. The molecule has 1 heterocycles. The number of carbonyl (C=O) groups excluding carboxylic acids is 1. The number of nitrogens with one attached hydrogen (secondary N) is 2. The normalized spacial score (nSPS) is 12.6. The Morgan fingerprint density at radius 2 is 1.63 bits per heavy atom. The number of aromatic amines is 1. The van der Waals surface area contributed by atoms with Gasteiger partial charge in [-0.15, -0.1) is 0 Å². The fraction of sp³-hybridized carbons (Fsp3) is 0.150. The molecule has 2 aromatic carbocycles. The fourth-order valence-electron chi connectivity index (χ4n) is 2.79. The lowest BCUT2D eigenvalue weighted by atomic mass is 9.98. The zero-order chi connectivity index (χ0) is 19.6. The van der Waals surface area contributed by atoms with Crippen LogP contribution in [-0.2, 0) is 10.0 Å². The number of hydrogen-bond donors (Lipinski definition) is 2. The molecule has 1 atom stereocenters. The lowest BCUT2D eigenvalue weighted by molar-refractivity contribution is 0.103. The molecule has 0 fully saturated rings. The summed E-state index contributed by atoms with van der Waals surface area (Å²) < 4.78 is 26.0. The first-order chi connectivity index (χ1) is 12.7. The SMILES string of the molecule is CC(c1ccc(NS(C)(=O)=O)cc1)c1ccc(C(=O)c2ccc(Br)cc2)[nH]1. The molecule has 0 bridgehead atoms. The molecule has 0 amide bonds. The van der Waals surface area contributed by atoms with E-state index in [1.807, 2.05) is 37.3 Å². The van der Waals surface area contributed by atoms with E-state index in [4.69, 9.17) is 0 Å². The molecule has 0 aliphatic rings. The van der Waals surface area contributed by atoms with Crippen LogP contribution in [0.1, 0.15) is 40.2 Å².